The number of alkyl halides is 1. The molecule has 3 rings (SSSR count). The van der Waals surface area contributed by atoms with E-state index in [2.05, 4.69) is 15.1 Å². The van der Waals surface area contributed by atoms with E-state index in [1.165, 1.54) is 0 Å². The molecule has 1 atom stereocenters. The Labute approximate surface area is 126 Å². The third-order valence-corrected chi connectivity index (χ3v) is 3.47. The Kier molecular flexibility index (Phi) is 3.40. The zero-order chi connectivity index (χ0) is 14.3. The summed E-state index contributed by atoms with van der Waals surface area (Å²) in [6, 6.07) is 5.62. The number of hydrogen-bond acceptors (Lipinski definition) is 3. The quantitative estimate of drug-likeness (QED) is 0.698. The zero-order valence-electron chi connectivity index (χ0n) is 11.1. The molecule has 0 aliphatic carbocycles. The lowest BCUT2D eigenvalue weighted by molar-refractivity contribution is 0.684. The molecule has 1 unspecified atom stereocenters. The minimum absolute atomic E-state index is 0.204. The third-order valence-electron chi connectivity index (χ3n) is 3.04. The van der Waals surface area contributed by atoms with Crippen LogP contribution < -0.4 is 0 Å². The van der Waals surface area contributed by atoms with Gasteiger partial charge in [-0.25, -0.2) is 9.97 Å². The van der Waals surface area contributed by atoms with E-state index in [1.54, 1.807) is 11.0 Å². The summed E-state index contributed by atoms with van der Waals surface area (Å²) in [5.74, 6) is 1.51. The number of nitrogens with zero attached hydrogens (tertiary/aromatic N) is 5. The van der Waals surface area contributed by atoms with Crippen LogP contribution in [0.4, 0.5) is 0 Å². The molecule has 0 N–H and O–H groups in total. The van der Waals surface area contributed by atoms with Crippen molar-refractivity contribution in [3.05, 3.63) is 41.2 Å². The maximum absolute atomic E-state index is 6.23. The number of rotatable bonds is 3. The lowest BCUT2D eigenvalue weighted by atomic mass is 10.3. The summed E-state index contributed by atoms with van der Waals surface area (Å²) < 4.78 is 3.70. The van der Waals surface area contributed by atoms with Gasteiger partial charge in [0.25, 0.3) is 0 Å². The maximum atomic E-state index is 6.23. The molecule has 20 heavy (non-hydrogen) atoms. The fourth-order valence-corrected chi connectivity index (χ4v) is 2.52. The third kappa shape index (κ3) is 2.39. The van der Waals surface area contributed by atoms with Crippen molar-refractivity contribution >= 4 is 34.2 Å². The predicted molar refractivity (Wildman–Crippen MR) is 79.1 cm³/mol. The van der Waals surface area contributed by atoms with Gasteiger partial charge in [0.15, 0.2) is 5.82 Å². The number of aromatic nitrogens is 5. The molecule has 0 aliphatic heterocycles. The average molecular weight is 310 g/mol. The van der Waals surface area contributed by atoms with E-state index in [4.69, 9.17) is 23.2 Å². The highest BCUT2D eigenvalue weighted by atomic mass is 35.5. The highest BCUT2D eigenvalue weighted by molar-refractivity contribution is 6.31. The molecule has 0 fully saturated rings. The molecule has 0 saturated carbocycles. The summed E-state index contributed by atoms with van der Waals surface area (Å²) in [6.07, 6.45) is 1.68. The van der Waals surface area contributed by atoms with Crippen LogP contribution in [0.1, 0.15) is 23.9 Å². The average Bonchev–Trinajstić information content (AvgIpc) is 2.94. The second kappa shape index (κ2) is 5.07. The second-order valence-electron chi connectivity index (χ2n) is 4.64. The summed E-state index contributed by atoms with van der Waals surface area (Å²) in [4.78, 5) is 8.81. The minimum Gasteiger partial charge on any atom is -0.319 e. The molecule has 5 nitrogen and oxygen atoms in total. The molecule has 104 valence electrons. The molecule has 0 amide bonds. The normalized spacial score (nSPS) is 13.0. The Bertz CT molecular complexity index is 759. The Balaban J connectivity index is 2.13. The van der Waals surface area contributed by atoms with Crippen molar-refractivity contribution in [1.82, 2.24) is 24.3 Å². The maximum Gasteiger partial charge on any atom is 0.170 e. The van der Waals surface area contributed by atoms with Gasteiger partial charge in [0.2, 0.25) is 0 Å². The van der Waals surface area contributed by atoms with Crippen molar-refractivity contribution in [1.29, 1.82) is 0 Å². The predicted octanol–water partition coefficient (Wildman–Crippen LogP) is 3.17. The van der Waals surface area contributed by atoms with Crippen LogP contribution in [-0.4, -0.2) is 24.3 Å². The van der Waals surface area contributed by atoms with Crippen LogP contribution in [0.15, 0.2) is 24.5 Å². The number of benzene rings is 1. The van der Waals surface area contributed by atoms with Gasteiger partial charge < -0.3 is 4.57 Å². The summed E-state index contributed by atoms with van der Waals surface area (Å²) in [7, 11) is 1.84. The van der Waals surface area contributed by atoms with Gasteiger partial charge in [-0.15, -0.1) is 11.6 Å². The molecule has 2 aromatic heterocycles. The van der Waals surface area contributed by atoms with E-state index < -0.39 is 0 Å². The number of halogens is 2. The first-order valence-corrected chi connectivity index (χ1v) is 7.00. The van der Waals surface area contributed by atoms with Crippen molar-refractivity contribution in [2.75, 3.05) is 0 Å². The molecule has 3 aromatic rings. The van der Waals surface area contributed by atoms with Crippen LogP contribution in [0.2, 0.25) is 5.02 Å². The summed E-state index contributed by atoms with van der Waals surface area (Å²) >= 11 is 12.2. The zero-order valence-corrected chi connectivity index (χ0v) is 12.6. The van der Waals surface area contributed by atoms with Crippen LogP contribution in [0.25, 0.3) is 11.0 Å². The topological polar surface area (TPSA) is 48.5 Å². The molecular weight excluding hydrogens is 297 g/mol. The van der Waals surface area contributed by atoms with Gasteiger partial charge in [-0.2, -0.15) is 5.10 Å². The molecule has 0 aliphatic rings. The highest BCUT2D eigenvalue weighted by Gasteiger charge is 2.16. The molecule has 0 bridgehead atoms. The standard InChI is InChI=1S/C13H13Cl2N5/c1-8(14)13-17-10-5-9(15)3-4-11(10)20(13)6-12-16-7-19(2)18-12/h3-5,7-8H,6H2,1-2H3. The Morgan fingerprint density at radius 2 is 2.15 bits per heavy atom. The van der Waals surface area contributed by atoms with Crippen molar-refractivity contribution in [3.63, 3.8) is 0 Å². The SMILES string of the molecule is CC(Cl)c1nc2cc(Cl)ccc2n1Cc1ncn(C)n1. The van der Waals surface area contributed by atoms with Crippen molar-refractivity contribution in [2.45, 2.75) is 18.8 Å². The summed E-state index contributed by atoms with van der Waals surface area (Å²) in [5.41, 5.74) is 1.81. The van der Waals surface area contributed by atoms with E-state index in [1.807, 2.05) is 36.7 Å². The summed E-state index contributed by atoms with van der Waals surface area (Å²) in [5, 5.41) is 4.75. The van der Waals surface area contributed by atoms with E-state index in [0.29, 0.717) is 11.6 Å². The van der Waals surface area contributed by atoms with Gasteiger partial charge in [0.05, 0.1) is 23.0 Å². The molecule has 0 saturated heterocycles. The van der Waals surface area contributed by atoms with E-state index >= 15 is 0 Å². The first-order valence-electron chi connectivity index (χ1n) is 6.19. The Hall–Kier alpha value is -1.59. The van der Waals surface area contributed by atoms with E-state index in [-0.39, 0.29) is 5.38 Å². The van der Waals surface area contributed by atoms with Crippen LogP contribution in [0.3, 0.4) is 0 Å². The van der Waals surface area contributed by atoms with Gasteiger partial charge in [-0.1, -0.05) is 11.6 Å². The van der Waals surface area contributed by atoms with Gasteiger partial charge in [0.1, 0.15) is 12.2 Å². The van der Waals surface area contributed by atoms with Crippen LogP contribution in [0.5, 0.6) is 0 Å². The molecule has 0 spiro atoms. The summed E-state index contributed by atoms with van der Waals surface area (Å²) in [6.45, 7) is 2.43. The van der Waals surface area contributed by atoms with Crippen LogP contribution in [0, 0.1) is 0 Å². The fraction of sp³-hybridized carbons (Fsp3) is 0.308. The van der Waals surface area contributed by atoms with Crippen LogP contribution in [-0.2, 0) is 13.6 Å². The number of fused-ring (bicyclic) bond motifs is 1. The lowest BCUT2D eigenvalue weighted by Crippen LogP contribution is -2.07. The monoisotopic (exact) mass is 309 g/mol. The molecule has 7 heteroatoms. The number of hydrogen-bond donors (Lipinski definition) is 0. The van der Waals surface area contributed by atoms with Crippen molar-refractivity contribution in [2.24, 2.45) is 7.05 Å². The molecule has 2 heterocycles. The second-order valence-corrected chi connectivity index (χ2v) is 5.73. The first kappa shape index (κ1) is 13.4. The number of imidazole rings is 1. The smallest absolute Gasteiger partial charge is 0.170 e. The van der Waals surface area contributed by atoms with Gasteiger partial charge in [-0.3, -0.25) is 4.68 Å². The largest absolute Gasteiger partial charge is 0.319 e. The van der Waals surface area contributed by atoms with E-state index in [9.17, 15) is 0 Å². The van der Waals surface area contributed by atoms with Crippen molar-refractivity contribution in [3.8, 4) is 0 Å². The minimum atomic E-state index is -0.204. The van der Waals surface area contributed by atoms with Gasteiger partial charge >= 0.3 is 0 Å². The van der Waals surface area contributed by atoms with E-state index in [0.717, 1.165) is 22.7 Å². The molecule has 1 aromatic carbocycles. The van der Waals surface area contributed by atoms with Crippen LogP contribution >= 0.6 is 23.2 Å². The van der Waals surface area contributed by atoms with Crippen molar-refractivity contribution < 1.29 is 0 Å². The first-order chi connectivity index (χ1) is 9.54. The lowest BCUT2D eigenvalue weighted by Gasteiger charge is -2.08. The Morgan fingerprint density at radius 1 is 1.35 bits per heavy atom. The van der Waals surface area contributed by atoms with Gasteiger partial charge in [0, 0.05) is 12.1 Å². The van der Waals surface area contributed by atoms with Gasteiger partial charge in [-0.05, 0) is 25.1 Å². The number of aryl methyl sites for hydroxylation is 1. The molecular formula is C13H13Cl2N5. The highest BCUT2D eigenvalue weighted by Crippen LogP contribution is 2.26. The fourth-order valence-electron chi connectivity index (χ4n) is 2.19. The Morgan fingerprint density at radius 3 is 2.80 bits per heavy atom. The molecule has 0 radical (unpaired) electrons.